The summed E-state index contributed by atoms with van der Waals surface area (Å²) in [6.45, 7) is 9.77. The lowest BCUT2D eigenvalue weighted by atomic mass is 10.1. The summed E-state index contributed by atoms with van der Waals surface area (Å²) in [7, 11) is 4.80. The lowest BCUT2D eigenvalue weighted by Crippen LogP contribution is -2.63. The number of hydrogen-bond acceptors (Lipinski definition) is 6. The maximum Gasteiger partial charge on any atom is 0.410 e. The van der Waals surface area contributed by atoms with Gasteiger partial charge in [-0.15, -0.1) is 24.0 Å². The molecule has 0 radical (unpaired) electrons. The van der Waals surface area contributed by atoms with Crippen molar-refractivity contribution < 1.29 is 23.7 Å². The number of aliphatic imine (C=N–C) groups is 1. The number of hydrogen-bond donors (Lipinski definition) is 2. The Balaban J connectivity index is 0.00000480. The van der Waals surface area contributed by atoms with Crippen LogP contribution in [-0.4, -0.2) is 69.6 Å². The van der Waals surface area contributed by atoms with Gasteiger partial charge in [-0.05, 0) is 27.7 Å². The average molecular weight is 550 g/mol. The maximum atomic E-state index is 12.1. The smallest absolute Gasteiger partial charge is 0.410 e. The fraction of sp³-hybridized carbons (Fsp3) is 0.619. The van der Waals surface area contributed by atoms with Gasteiger partial charge in [0.25, 0.3) is 0 Å². The van der Waals surface area contributed by atoms with E-state index in [9.17, 15) is 4.79 Å². The second-order valence-electron chi connectivity index (χ2n) is 7.93. The van der Waals surface area contributed by atoms with E-state index in [1.807, 2.05) is 27.7 Å². The first-order valence-electron chi connectivity index (χ1n) is 10.0. The number of carbonyl (C=O) groups excluding carboxylic acids is 1. The molecule has 1 amide bonds. The van der Waals surface area contributed by atoms with Crippen molar-refractivity contribution in [2.45, 2.75) is 45.9 Å². The van der Waals surface area contributed by atoms with Gasteiger partial charge in [-0.25, -0.2) is 9.79 Å². The molecule has 176 valence electrons. The Kier molecular flexibility index (Phi) is 10.5. The molecule has 1 aliphatic heterocycles. The van der Waals surface area contributed by atoms with E-state index < -0.39 is 5.60 Å². The molecular formula is C21H35IN4O5. The Bertz CT molecular complexity index is 736. The van der Waals surface area contributed by atoms with E-state index in [1.54, 1.807) is 38.4 Å². The van der Waals surface area contributed by atoms with Crippen LogP contribution in [0.25, 0.3) is 0 Å². The molecule has 1 heterocycles. The van der Waals surface area contributed by atoms with E-state index in [1.165, 1.54) is 0 Å². The molecule has 0 aromatic heterocycles. The maximum absolute atomic E-state index is 12.1. The minimum Gasteiger partial charge on any atom is -0.496 e. The highest BCUT2D eigenvalue weighted by atomic mass is 127. The minimum atomic E-state index is -0.498. The van der Waals surface area contributed by atoms with E-state index in [0.717, 1.165) is 5.56 Å². The molecule has 1 aromatic carbocycles. The van der Waals surface area contributed by atoms with Gasteiger partial charge in [-0.2, -0.15) is 0 Å². The average Bonchev–Trinajstić information content (AvgIpc) is 2.66. The lowest BCUT2D eigenvalue weighted by Gasteiger charge is -2.40. The van der Waals surface area contributed by atoms with Gasteiger partial charge in [0.1, 0.15) is 22.8 Å². The number of nitrogens with zero attached hydrogens (tertiary/aromatic N) is 2. The highest BCUT2D eigenvalue weighted by Gasteiger charge is 2.34. The number of amides is 1. The van der Waals surface area contributed by atoms with Crippen LogP contribution in [0, 0.1) is 0 Å². The van der Waals surface area contributed by atoms with Crippen LogP contribution in [0.15, 0.2) is 17.1 Å². The normalized spacial score (nSPS) is 14.2. The van der Waals surface area contributed by atoms with Crippen LogP contribution in [-0.2, 0) is 11.3 Å². The number of methoxy groups -OCH3 is 3. The third-order valence-corrected chi connectivity index (χ3v) is 4.43. The first-order valence-corrected chi connectivity index (χ1v) is 10.0. The van der Waals surface area contributed by atoms with Crippen LogP contribution in [0.3, 0.4) is 0 Å². The van der Waals surface area contributed by atoms with Crippen LogP contribution in [0.4, 0.5) is 4.79 Å². The third-order valence-electron chi connectivity index (χ3n) is 4.43. The molecule has 0 bridgehead atoms. The van der Waals surface area contributed by atoms with Crippen LogP contribution >= 0.6 is 24.0 Å². The van der Waals surface area contributed by atoms with Crippen molar-refractivity contribution in [2.75, 3.05) is 41.0 Å². The Morgan fingerprint density at radius 3 is 2.16 bits per heavy atom. The summed E-state index contributed by atoms with van der Waals surface area (Å²) < 4.78 is 21.7. The van der Waals surface area contributed by atoms with Crippen molar-refractivity contribution in [3.8, 4) is 17.2 Å². The largest absolute Gasteiger partial charge is 0.496 e. The molecule has 31 heavy (non-hydrogen) atoms. The van der Waals surface area contributed by atoms with Crippen LogP contribution in [0.2, 0.25) is 0 Å². The zero-order valence-corrected chi connectivity index (χ0v) is 21.7. The number of benzene rings is 1. The van der Waals surface area contributed by atoms with Crippen molar-refractivity contribution >= 4 is 36.0 Å². The standard InChI is InChI=1S/C21H34N4O5.HI/c1-8-22-19(24-14-12-25(13-14)20(26)30-21(2,3)4)23-11-16-17(28-6)9-15(27-5)10-18(16)29-7;/h9-10,14H,8,11-13H2,1-7H3,(H2,22,23,24);1H. The fourth-order valence-corrected chi connectivity index (χ4v) is 2.95. The van der Waals surface area contributed by atoms with Crippen molar-refractivity contribution in [1.29, 1.82) is 0 Å². The third kappa shape index (κ3) is 7.82. The Morgan fingerprint density at radius 2 is 1.71 bits per heavy atom. The van der Waals surface area contributed by atoms with Crippen LogP contribution < -0.4 is 24.8 Å². The molecule has 9 nitrogen and oxygen atoms in total. The summed E-state index contributed by atoms with van der Waals surface area (Å²) in [5.41, 5.74) is 0.324. The molecule has 1 aliphatic rings. The molecular weight excluding hydrogens is 515 g/mol. The summed E-state index contributed by atoms with van der Waals surface area (Å²) in [5.74, 6) is 2.60. The predicted octanol–water partition coefficient (Wildman–Crippen LogP) is 3.00. The van der Waals surface area contributed by atoms with Crippen molar-refractivity contribution in [1.82, 2.24) is 15.5 Å². The highest BCUT2D eigenvalue weighted by Crippen LogP contribution is 2.34. The molecule has 0 unspecified atom stereocenters. The zero-order chi connectivity index (χ0) is 22.3. The predicted molar refractivity (Wildman–Crippen MR) is 131 cm³/mol. The molecule has 0 aliphatic carbocycles. The first kappa shape index (κ1) is 26.9. The van der Waals surface area contributed by atoms with Gasteiger partial charge in [-0.3, -0.25) is 0 Å². The molecule has 10 heteroatoms. The van der Waals surface area contributed by atoms with Gasteiger partial charge >= 0.3 is 6.09 Å². The van der Waals surface area contributed by atoms with Gasteiger partial charge < -0.3 is 34.5 Å². The number of likely N-dealkylation sites (tertiary alicyclic amines) is 1. The van der Waals surface area contributed by atoms with Crippen molar-refractivity contribution in [2.24, 2.45) is 4.99 Å². The van der Waals surface area contributed by atoms with Crippen molar-refractivity contribution in [3.05, 3.63) is 17.7 Å². The van der Waals surface area contributed by atoms with Gasteiger partial charge in [0.2, 0.25) is 0 Å². The quantitative estimate of drug-likeness (QED) is 0.306. The van der Waals surface area contributed by atoms with Gasteiger partial charge in [0.15, 0.2) is 5.96 Å². The van der Waals surface area contributed by atoms with E-state index in [-0.39, 0.29) is 36.1 Å². The summed E-state index contributed by atoms with van der Waals surface area (Å²) in [6, 6.07) is 3.71. The molecule has 0 spiro atoms. The molecule has 1 saturated heterocycles. The second kappa shape index (κ2) is 12.1. The number of nitrogens with one attached hydrogen (secondary N) is 2. The topological polar surface area (TPSA) is 93.7 Å². The SMILES string of the molecule is CCNC(=NCc1c(OC)cc(OC)cc1OC)NC1CN(C(=O)OC(C)(C)C)C1.I. The second-order valence-corrected chi connectivity index (χ2v) is 7.93. The number of rotatable bonds is 7. The van der Waals surface area contributed by atoms with Crippen LogP contribution in [0.1, 0.15) is 33.3 Å². The fourth-order valence-electron chi connectivity index (χ4n) is 2.95. The molecule has 2 N–H and O–H groups in total. The molecule has 0 atom stereocenters. The van der Waals surface area contributed by atoms with Gasteiger partial charge in [-0.1, -0.05) is 0 Å². The number of carbonyl (C=O) groups is 1. The zero-order valence-electron chi connectivity index (χ0n) is 19.4. The van der Waals surface area contributed by atoms with E-state index in [0.29, 0.717) is 49.4 Å². The lowest BCUT2D eigenvalue weighted by molar-refractivity contribution is 0.00700. The van der Waals surface area contributed by atoms with E-state index >= 15 is 0 Å². The van der Waals surface area contributed by atoms with Gasteiger partial charge in [0, 0.05) is 31.8 Å². The number of guanidine groups is 1. The Hall–Kier alpha value is -2.11. The monoisotopic (exact) mass is 550 g/mol. The molecule has 2 rings (SSSR count). The number of halogens is 1. The van der Waals surface area contributed by atoms with E-state index in [4.69, 9.17) is 18.9 Å². The summed E-state index contributed by atoms with van der Waals surface area (Å²) >= 11 is 0. The highest BCUT2D eigenvalue weighted by molar-refractivity contribution is 14.0. The number of ether oxygens (including phenoxy) is 4. The van der Waals surface area contributed by atoms with Crippen molar-refractivity contribution in [3.63, 3.8) is 0 Å². The molecule has 0 saturated carbocycles. The van der Waals surface area contributed by atoms with Crippen LogP contribution in [0.5, 0.6) is 17.2 Å². The first-order chi connectivity index (χ1) is 14.2. The Labute approximate surface area is 201 Å². The molecule has 1 fully saturated rings. The summed E-state index contributed by atoms with van der Waals surface area (Å²) in [6.07, 6.45) is -0.296. The van der Waals surface area contributed by atoms with Gasteiger partial charge in [0.05, 0.1) is 39.5 Å². The Morgan fingerprint density at radius 1 is 1.13 bits per heavy atom. The summed E-state index contributed by atoms with van der Waals surface area (Å²) in [5, 5.41) is 6.58. The summed E-state index contributed by atoms with van der Waals surface area (Å²) in [4.78, 5) is 18.4. The van der Waals surface area contributed by atoms with E-state index in [2.05, 4.69) is 15.6 Å². The minimum absolute atomic E-state index is 0. The molecule has 1 aromatic rings.